The van der Waals surface area contributed by atoms with E-state index in [1.54, 1.807) is 30.3 Å². The molecule has 32 heavy (non-hydrogen) atoms. The molecule has 0 aliphatic carbocycles. The zero-order valence-electron chi connectivity index (χ0n) is 17.3. The predicted octanol–water partition coefficient (Wildman–Crippen LogP) is 6.85. The van der Waals surface area contributed by atoms with E-state index in [-0.39, 0.29) is 5.57 Å². The summed E-state index contributed by atoms with van der Waals surface area (Å²) in [5, 5.41) is 14.6. The van der Waals surface area contributed by atoms with Crippen molar-refractivity contribution in [1.29, 1.82) is 5.26 Å². The van der Waals surface area contributed by atoms with Crippen LogP contribution in [-0.2, 0) is 11.3 Å². The van der Waals surface area contributed by atoms with E-state index in [1.165, 1.54) is 0 Å². The molecular weight excluding hydrogens is 441 g/mol. The topological polar surface area (TPSA) is 57.8 Å². The largest absolute Gasteiger partial charge is 0.340 e. The van der Waals surface area contributed by atoms with Crippen LogP contribution in [0.5, 0.6) is 0 Å². The minimum atomic E-state index is -0.483. The van der Waals surface area contributed by atoms with Gasteiger partial charge in [-0.2, -0.15) is 5.26 Å². The predicted molar refractivity (Wildman–Crippen MR) is 131 cm³/mol. The summed E-state index contributed by atoms with van der Waals surface area (Å²) in [5.41, 5.74) is 4.48. The molecule has 0 bridgehead atoms. The number of rotatable bonds is 5. The Kier molecular flexibility index (Phi) is 6.32. The molecule has 1 amide bonds. The number of para-hydroxylation sites is 1. The number of aromatic nitrogens is 1. The van der Waals surface area contributed by atoms with E-state index in [0.717, 1.165) is 27.7 Å². The van der Waals surface area contributed by atoms with Gasteiger partial charge in [-0.25, -0.2) is 0 Å². The maximum absolute atomic E-state index is 12.8. The molecule has 0 saturated heterocycles. The number of benzene rings is 3. The summed E-state index contributed by atoms with van der Waals surface area (Å²) in [6, 6.07) is 24.5. The van der Waals surface area contributed by atoms with Gasteiger partial charge in [-0.15, -0.1) is 0 Å². The van der Waals surface area contributed by atoms with E-state index < -0.39 is 5.91 Å². The van der Waals surface area contributed by atoms with E-state index in [9.17, 15) is 10.1 Å². The van der Waals surface area contributed by atoms with Gasteiger partial charge in [0.1, 0.15) is 11.6 Å². The number of amides is 1. The lowest BCUT2D eigenvalue weighted by Gasteiger charge is -2.09. The summed E-state index contributed by atoms with van der Waals surface area (Å²) in [4.78, 5) is 12.8. The van der Waals surface area contributed by atoms with E-state index in [1.807, 2.05) is 61.5 Å². The molecule has 0 spiro atoms. The summed E-state index contributed by atoms with van der Waals surface area (Å²) in [7, 11) is 0. The molecular formula is C26H19Cl2N3O. The number of nitriles is 1. The molecule has 158 valence electrons. The Balaban J connectivity index is 1.73. The molecule has 0 fully saturated rings. The smallest absolute Gasteiger partial charge is 0.266 e. The van der Waals surface area contributed by atoms with Crippen molar-refractivity contribution in [2.24, 2.45) is 0 Å². The average molecular weight is 460 g/mol. The molecule has 0 atom stereocenters. The molecule has 1 heterocycles. The van der Waals surface area contributed by atoms with E-state index >= 15 is 0 Å². The summed E-state index contributed by atoms with van der Waals surface area (Å²) in [6.45, 7) is 2.64. The zero-order valence-corrected chi connectivity index (χ0v) is 18.8. The van der Waals surface area contributed by atoms with E-state index in [2.05, 4.69) is 9.88 Å². The highest BCUT2D eigenvalue weighted by molar-refractivity contribution is 6.31. The third-order valence-electron chi connectivity index (χ3n) is 5.27. The normalized spacial score (nSPS) is 11.4. The van der Waals surface area contributed by atoms with Crippen LogP contribution in [0.1, 0.15) is 16.8 Å². The molecule has 0 aliphatic rings. The first-order valence-electron chi connectivity index (χ1n) is 9.97. The second-order valence-electron chi connectivity index (χ2n) is 7.36. The van der Waals surface area contributed by atoms with Crippen LogP contribution in [0.3, 0.4) is 0 Å². The van der Waals surface area contributed by atoms with Gasteiger partial charge in [0.15, 0.2) is 0 Å². The molecule has 0 radical (unpaired) electrons. The standard InChI is InChI=1S/C26H19Cl2N3O/c1-17-24(13-19(15-29)26(32)30-22-6-4-5-21(28)14-22)23-7-2-3-8-25(23)31(17)16-18-9-11-20(27)12-10-18/h2-14H,16H2,1H3,(H,30,32)/b19-13+. The van der Waals surface area contributed by atoms with Gasteiger partial charge >= 0.3 is 0 Å². The number of halogens is 2. The van der Waals surface area contributed by atoms with Gasteiger partial charge in [-0.3, -0.25) is 4.79 Å². The minimum Gasteiger partial charge on any atom is -0.340 e. The van der Waals surface area contributed by atoms with Crippen molar-refractivity contribution < 1.29 is 4.79 Å². The Bertz CT molecular complexity index is 1380. The second-order valence-corrected chi connectivity index (χ2v) is 8.24. The van der Waals surface area contributed by atoms with Crippen LogP contribution in [0.25, 0.3) is 17.0 Å². The molecule has 0 unspecified atom stereocenters. The number of nitrogens with zero attached hydrogens (tertiary/aromatic N) is 2. The number of hydrogen-bond donors (Lipinski definition) is 1. The van der Waals surface area contributed by atoms with Crippen LogP contribution in [0.15, 0.2) is 78.4 Å². The molecule has 4 nitrogen and oxygen atoms in total. The molecule has 4 aromatic rings. The highest BCUT2D eigenvalue weighted by Crippen LogP contribution is 2.29. The highest BCUT2D eigenvalue weighted by atomic mass is 35.5. The summed E-state index contributed by atoms with van der Waals surface area (Å²) in [5.74, 6) is -0.483. The lowest BCUT2D eigenvalue weighted by Crippen LogP contribution is -2.13. The number of hydrogen-bond acceptors (Lipinski definition) is 2. The number of anilines is 1. The molecule has 6 heteroatoms. The second kappa shape index (κ2) is 9.32. The maximum Gasteiger partial charge on any atom is 0.266 e. The van der Waals surface area contributed by atoms with Crippen molar-refractivity contribution in [3.8, 4) is 6.07 Å². The van der Waals surface area contributed by atoms with E-state index in [0.29, 0.717) is 22.3 Å². The Labute approximate surface area is 196 Å². The molecule has 4 rings (SSSR count). The Morgan fingerprint density at radius 1 is 1.03 bits per heavy atom. The fourth-order valence-electron chi connectivity index (χ4n) is 3.67. The van der Waals surface area contributed by atoms with Crippen LogP contribution in [0, 0.1) is 18.3 Å². The van der Waals surface area contributed by atoms with Crippen molar-refractivity contribution in [3.63, 3.8) is 0 Å². The molecule has 0 aliphatic heterocycles. The molecule has 1 N–H and O–H groups in total. The van der Waals surface area contributed by atoms with E-state index in [4.69, 9.17) is 23.2 Å². The summed E-state index contributed by atoms with van der Waals surface area (Å²) in [6.07, 6.45) is 1.65. The van der Waals surface area contributed by atoms with Crippen molar-refractivity contribution in [1.82, 2.24) is 4.57 Å². The van der Waals surface area contributed by atoms with Crippen molar-refractivity contribution in [2.45, 2.75) is 13.5 Å². The van der Waals surface area contributed by atoms with Crippen molar-refractivity contribution in [2.75, 3.05) is 5.32 Å². The average Bonchev–Trinajstić information content (AvgIpc) is 3.04. The van der Waals surface area contributed by atoms with Gasteiger partial charge in [0, 0.05) is 44.4 Å². The number of fused-ring (bicyclic) bond motifs is 1. The lowest BCUT2D eigenvalue weighted by atomic mass is 10.1. The third kappa shape index (κ3) is 4.55. The van der Waals surface area contributed by atoms with Crippen LogP contribution >= 0.6 is 23.2 Å². The van der Waals surface area contributed by atoms with Crippen molar-refractivity contribution >= 4 is 51.8 Å². The van der Waals surface area contributed by atoms with Crippen LogP contribution in [0.4, 0.5) is 5.69 Å². The Hall–Kier alpha value is -3.52. The highest BCUT2D eigenvalue weighted by Gasteiger charge is 2.16. The summed E-state index contributed by atoms with van der Waals surface area (Å²) >= 11 is 12.0. The van der Waals surface area contributed by atoms with Crippen LogP contribution in [0.2, 0.25) is 10.0 Å². The van der Waals surface area contributed by atoms with Crippen LogP contribution < -0.4 is 5.32 Å². The van der Waals surface area contributed by atoms with Gasteiger partial charge in [-0.1, -0.05) is 59.6 Å². The monoisotopic (exact) mass is 459 g/mol. The fraction of sp³-hybridized carbons (Fsp3) is 0.0769. The first kappa shape index (κ1) is 21.7. The zero-order chi connectivity index (χ0) is 22.7. The molecule has 1 aromatic heterocycles. The minimum absolute atomic E-state index is 0.0162. The lowest BCUT2D eigenvalue weighted by molar-refractivity contribution is -0.112. The number of carbonyl (C=O) groups excluding carboxylic acids is 1. The van der Waals surface area contributed by atoms with Gasteiger partial charge in [-0.05, 0) is 55.0 Å². The number of nitrogens with one attached hydrogen (secondary N) is 1. The number of carbonyl (C=O) groups is 1. The van der Waals surface area contributed by atoms with Crippen LogP contribution in [-0.4, -0.2) is 10.5 Å². The Morgan fingerprint density at radius 2 is 1.78 bits per heavy atom. The van der Waals surface area contributed by atoms with Gasteiger partial charge in [0.2, 0.25) is 0 Å². The summed E-state index contributed by atoms with van der Waals surface area (Å²) < 4.78 is 2.17. The molecule has 3 aromatic carbocycles. The quantitative estimate of drug-likeness (QED) is 0.262. The first-order valence-corrected chi connectivity index (χ1v) is 10.7. The van der Waals surface area contributed by atoms with Gasteiger partial charge in [0.25, 0.3) is 5.91 Å². The fourth-order valence-corrected chi connectivity index (χ4v) is 3.99. The Morgan fingerprint density at radius 3 is 2.50 bits per heavy atom. The van der Waals surface area contributed by atoms with Gasteiger partial charge < -0.3 is 9.88 Å². The SMILES string of the molecule is Cc1c(/C=C(\C#N)C(=O)Nc2cccc(Cl)c2)c2ccccc2n1Cc1ccc(Cl)cc1. The first-order chi connectivity index (χ1) is 15.5. The molecule has 0 saturated carbocycles. The van der Waals surface area contributed by atoms with Crippen molar-refractivity contribution in [3.05, 3.63) is 105 Å². The third-order valence-corrected chi connectivity index (χ3v) is 5.76. The maximum atomic E-state index is 12.8. The van der Waals surface area contributed by atoms with Gasteiger partial charge in [0.05, 0.1) is 0 Å².